The van der Waals surface area contributed by atoms with Crippen LogP contribution in [0.3, 0.4) is 0 Å². The summed E-state index contributed by atoms with van der Waals surface area (Å²) in [6.45, 7) is 9.64. The minimum absolute atomic E-state index is 0.00121. The van der Waals surface area contributed by atoms with E-state index in [1.54, 1.807) is 6.08 Å². The van der Waals surface area contributed by atoms with Crippen molar-refractivity contribution in [2.24, 2.45) is 0 Å². The lowest BCUT2D eigenvalue weighted by atomic mass is 9.95. The highest BCUT2D eigenvalue weighted by atomic mass is 16.5. The van der Waals surface area contributed by atoms with Crippen molar-refractivity contribution in [3.8, 4) is 0 Å². The Labute approximate surface area is 102 Å². The maximum absolute atomic E-state index is 5.65. The summed E-state index contributed by atoms with van der Waals surface area (Å²) in [4.78, 5) is 4.36. The normalized spacial score (nSPS) is 15.5. The van der Waals surface area contributed by atoms with Crippen LogP contribution in [0.2, 0.25) is 0 Å². The largest absolute Gasteiger partial charge is 0.487 e. The molecule has 1 unspecified atom stereocenters. The number of fused-ring (bicyclic) bond motifs is 1. The molecule has 0 aromatic carbocycles. The van der Waals surface area contributed by atoms with E-state index in [1.807, 2.05) is 19.2 Å². The molecule has 0 N–H and O–H groups in total. The topological polar surface area (TPSA) is 22.1 Å². The first kappa shape index (κ1) is 11.6. The second kappa shape index (κ2) is 5.00. The van der Waals surface area contributed by atoms with Crippen LogP contribution in [0.15, 0.2) is 48.9 Å². The Kier molecular flexibility index (Phi) is 3.43. The highest BCUT2D eigenvalue weighted by Gasteiger charge is 2.14. The van der Waals surface area contributed by atoms with Crippen LogP contribution in [0.1, 0.15) is 24.6 Å². The minimum atomic E-state index is -0.00121. The zero-order chi connectivity index (χ0) is 12.3. The first-order chi connectivity index (χ1) is 8.20. The number of ether oxygens (including phenoxy) is 1. The number of nitrogens with zero attached hydrogens (tertiary/aromatic N) is 1. The van der Waals surface area contributed by atoms with E-state index in [0.717, 1.165) is 29.9 Å². The Balaban J connectivity index is 2.17. The van der Waals surface area contributed by atoms with Gasteiger partial charge in [0.2, 0.25) is 0 Å². The van der Waals surface area contributed by atoms with Crippen LogP contribution in [0.5, 0.6) is 0 Å². The SMILES string of the molecule is C=CC(C)OC(=C)C1=Cc2cccnc2CC1. The maximum atomic E-state index is 5.65. The Bertz CT molecular complexity index is 474. The van der Waals surface area contributed by atoms with Gasteiger partial charge in [-0.3, -0.25) is 4.98 Å². The number of pyridine rings is 1. The number of hydrogen-bond acceptors (Lipinski definition) is 2. The lowest BCUT2D eigenvalue weighted by Gasteiger charge is -2.19. The van der Waals surface area contributed by atoms with Gasteiger partial charge >= 0.3 is 0 Å². The summed E-state index contributed by atoms with van der Waals surface area (Å²) in [5.74, 6) is 0.743. The van der Waals surface area contributed by atoms with Gasteiger partial charge in [-0.2, -0.15) is 0 Å². The molecule has 1 aromatic rings. The summed E-state index contributed by atoms with van der Waals surface area (Å²) in [7, 11) is 0. The number of allylic oxidation sites excluding steroid dienone is 1. The third-order valence-electron chi connectivity index (χ3n) is 2.90. The molecule has 0 amide bonds. The van der Waals surface area contributed by atoms with Crippen LogP contribution in [-0.4, -0.2) is 11.1 Å². The molecule has 0 radical (unpaired) electrons. The average molecular weight is 227 g/mol. The van der Waals surface area contributed by atoms with Crippen LogP contribution in [0.4, 0.5) is 0 Å². The number of aromatic nitrogens is 1. The van der Waals surface area contributed by atoms with E-state index in [4.69, 9.17) is 4.74 Å². The van der Waals surface area contributed by atoms with Gasteiger partial charge in [0.05, 0.1) is 0 Å². The molecule has 1 heterocycles. The molecule has 0 saturated heterocycles. The van der Waals surface area contributed by atoms with Crippen LogP contribution < -0.4 is 0 Å². The van der Waals surface area contributed by atoms with Gasteiger partial charge in [0.25, 0.3) is 0 Å². The van der Waals surface area contributed by atoms with Crippen molar-refractivity contribution in [2.45, 2.75) is 25.9 Å². The second-order valence-electron chi connectivity index (χ2n) is 4.19. The van der Waals surface area contributed by atoms with Crippen LogP contribution >= 0.6 is 0 Å². The number of rotatable bonds is 4. The van der Waals surface area contributed by atoms with Gasteiger partial charge in [-0.05, 0) is 43.0 Å². The Morgan fingerprint density at radius 2 is 2.35 bits per heavy atom. The third-order valence-corrected chi connectivity index (χ3v) is 2.90. The molecule has 1 atom stereocenters. The van der Waals surface area contributed by atoms with Crippen LogP contribution in [-0.2, 0) is 11.2 Å². The summed E-state index contributed by atoms with van der Waals surface area (Å²) in [5.41, 5.74) is 3.48. The van der Waals surface area contributed by atoms with E-state index in [-0.39, 0.29) is 6.10 Å². The summed E-state index contributed by atoms with van der Waals surface area (Å²) >= 11 is 0. The molecule has 1 aliphatic carbocycles. The van der Waals surface area contributed by atoms with E-state index in [2.05, 4.69) is 30.3 Å². The standard InChI is InChI=1S/C15H17NO/c1-4-11(2)17-12(3)13-7-8-15-14(10-13)6-5-9-16-15/h4-6,9-11H,1,3,7-8H2,2H3. The molecule has 17 heavy (non-hydrogen) atoms. The van der Waals surface area contributed by atoms with Gasteiger partial charge in [-0.15, -0.1) is 0 Å². The highest BCUT2D eigenvalue weighted by molar-refractivity contribution is 5.61. The number of hydrogen-bond donors (Lipinski definition) is 0. The Hall–Kier alpha value is -1.83. The van der Waals surface area contributed by atoms with Crippen molar-refractivity contribution in [3.05, 3.63) is 60.2 Å². The average Bonchev–Trinajstić information content (AvgIpc) is 2.38. The molecule has 2 rings (SSSR count). The van der Waals surface area contributed by atoms with E-state index < -0.39 is 0 Å². The van der Waals surface area contributed by atoms with Crippen molar-refractivity contribution in [2.75, 3.05) is 0 Å². The molecular weight excluding hydrogens is 210 g/mol. The fraction of sp³-hybridized carbons (Fsp3) is 0.267. The second-order valence-corrected chi connectivity index (χ2v) is 4.19. The summed E-state index contributed by atoms with van der Waals surface area (Å²) in [6.07, 6.45) is 7.61. The minimum Gasteiger partial charge on any atom is -0.487 e. The molecule has 2 nitrogen and oxygen atoms in total. The van der Waals surface area contributed by atoms with E-state index >= 15 is 0 Å². The summed E-state index contributed by atoms with van der Waals surface area (Å²) < 4.78 is 5.65. The van der Waals surface area contributed by atoms with Crippen molar-refractivity contribution < 1.29 is 4.74 Å². The van der Waals surface area contributed by atoms with E-state index in [1.165, 1.54) is 5.56 Å². The van der Waals surface area contributed by atoms with Crippen molar-refractivity contribution in [3.63, 3.8) is 0 Å². The predicted molar refractivity (Wildman–Crippen MR) is 70.4 cm³/mol. The first-order valence-electron chi connectivity index (χ1n) is 5.83. The number of aryl methyl sites for hydroxylation is 1. The summed E-state index contributed by atoms with van der Waals surface area (Å²) in [6, 6.07) is 4.03. The van der Waals surface area contributed by atoms with Crippen molar-refractivity contribution in [1.82, 2.24) is 4.98 Å². The van der Waals surface area contributed by atoms with Gasteiger partial charge in [0, 0.05) is 11.9 Å². The van der Waals surface area contributed by atoms with E-state index in [0.29, 0.717) is 0 Å². The molecule has 88 valence electrons. The van der Waals surface area contributed by atoms with Gasteiger partial charge in [0.15, 0.2) is 0 Å². The van der Waals surface area contributed by atoms with Crippen LogP contribution in [0.25, 0.3) is 6.08 Å². The van der Waals surface area contributed by atoms with Gasteiger partial charge in [-0.25, -0.2) is 0 Å². The van der Waals surface area contributed by atoms with E-state index in [9.17, 15) is 0 Å². The molecule has 2 heteroatoms. The zero-order valence-electron chi connectivity index (χ0n) is 10.1. The van der Waals surface area contributed by atoms with Crippen molar-refractivity contribution >= 4 is 6.08 Å². The lowest BCUT2D eigenvalue weighted by Crippen LogP contribution is -2.08. The Morgan fingerprint density at radius 1 is 1.53 bits per heavy atom. The molecule has 0 fully saturated rings. The maximum Gasteiger partial charge on any atom is 0.116 e. The van der Waals surface area contributed by atoms with Gasteiger partial charge in [-0.1, -0.05) is 25.3 Å². The zero-order valence-corrected chi connectivity index (χ0v) is 10.1. The summed E-state index contributed by atoms with van der Waals surface area (Å²) in [5, 5.41) is 0. The molecule has 0 spiro atoms. The first-order valence-corrected chi connectivity index (χ1v) is 5.83. The quantitative estimate of drug-likeness (QED) is 0.580. The molecule has 0 saturated carbocycles. The molecule has 1 aliphatic rings. The molecule has 1 aromatic heterocycles. The fourth-order valence-electron chi connectivity index (χ4n) is 1.87. The smallest absolute Gasteiger partial charge is 0.116 e. The molecular formula is C15H17NO. The molecule has 0 aliphatic heterocycles. The van der Waals surface area contributed by atoms with Gasteiger partial charge in [0.1, 0.15) is 11.9 Å². The van der Waals surface area contributed by atoms with Crippen LogP contribution in [0, 0.1) is 0 Å². The monoisotopic (exact) mass is 227 g/mol. The third kappa shape index (κ3) is 2.64. The fourth-order valence-corrected chi connectivity index (χ4v) is 1.87. The van der Waals surface area contributed by atoms with Crippen molar-refractivity contribution in [1.29, 1.82) is 0 Å². The molecule has 0 bridgehead atoms. The van der Waals surface area contributed by atoms with Gasteiger partial charge < -0.3 is 4.74 Å². The Morgan fingerprint density at radius 3 is 3.12 bits per heavy atom. The highest BCUT2D eigenvalue weighted by Crippen LogP contribution is 2.27. The predicted octanol–water partition coefficient (Wildman–Crippen LogP) is 3.52. The lowest BCUT2D eigenvalue weighted by molar-refractivity contribution is 0.177.